The van der Waals surface area contributed by atoms with Gasteiger partial charge in [0.2, 0.25) is 0 Å². The van der Waals surface area contributed by atoms with Crippen molar-refractivity contribution in [2.75, 3.05) is 13.2 Å². The SMILES string of the molecule is CCOC(=O)CC(=O)[O-].CCOC(=O)CC(=O)c1cccs1.O=C(O)c1cccs1.[K+]. The van der Waals surface area contributed by atoms with Crippen LogP contribution < -0.4 is 56.5 Å². The van der Waals surface area contributed by atoms with E-state index in [0.717, 1.165) is 0 Å². The maximum absolute atomic E-state index is 11.3. The molecule has 0 amide bonds. The van der Waals surface area contributed by atoms with Crippen LogP contribution in [0.1, 0.15) is 46.0 Å². The molecule has 2 aromatic rings. The number of rotatable bonds is 8. The molecule has 0 saturated heterocycles. The maximum Gasteiger partial charge on any atom is 1.00 e. The standard InChI is InChI=1S/C9H10O3S.C5H8O4.C5H4O2S.K/c1-2-12-9(11)6-7(10)8-4-3-5-13-8;1-2-9-5(8)3-4(6)7;6-5(7)4-2-1-3-8-4;/h3-5H,2,6H2,1H3;2-3H2,1H3,(H,6,7);1-3H,(H,6,7);/q;;;+1/p-1. The second-order valence-corrected chi connectivity index (χ2v) is 6.91. The second-order valence-electron chi connectivity index (χ2n) is 5.02. The summed E-state index contributed by atoms with van der Waals surface area (Å²) in [5, 5.41) is 21.5. The quantitative estimate of drug-likeness (QED) is 0.211. The van der Waals surface area contributed by atoms with E-state index in [2.05, 4.69) is 9.47 Å². The first-order chi connectivity index (χ1) is 14.2. The molecule has 2 aromatic heterocycles. The monoisotopic (exact) mass is 496 g/mol. The summed E-state index contributed by atoms with van der Waals surface area (Å²) in [5.41, 5.74) is 0. The molecule has 0 aromatic carbocycles. The van der Waals surface area contributed by atoms with Gasteiger partial charge >= 0.3 is 69.3 Å². The number of Topliss-reactive ketones (excluding diaryl/α,β-unsaturated/α-hetero) is 1. The van der Waals surface area contributed by atoms with E-state index in [-0.39, 0.29) is 70.2 Å². The van der Waals surface area contributed by atoms with E-state index in [1.165, 1.54) is 22.7 Å². The van der Waals surface area contributed by atoms with Crippen LogP contribution in [-0.4, -0.2) is 48.0 Å². The van der Waals surface area contributed by atoms with Gasteiger partial charge in [0.25, 0.3) is 0 Å². The topological polar surface area (TPSA) is 147 Å². The Morgan fingerprint density at radius 2 is 1.32 bits per heavy atom. The van der Waals surface area contributed by atoms with Crippen LogP contribution in [0.5, 0.6) is 0 Å². The molecule has 0 fully saturated rings. The minimum Gasteiger partial charge on any atom is -0.550 e. The number of carboxylic acid groups (broad SMARTS) is 2. The van der Waals surface area contributed by atoms with Gasteiger partial charge in [-0.05, 0) is 36.7 Å². The van der Waals surface area contributed by atoms with Gasteiger partial charge in [-0.3, -0.25) is 14.4 Å². The zero-order valence-corrected chi connectivity index (χ0v) is 22.1. The summed E-state index contributed by atoms with van der Waals surface area (Å²) in [6, 6.07) is 6.77. The minimum absolute atomic E-state index is 0. The smallest absolute Gasteiger partial charge is 0.550 e. The number of ketones is 1. The Hall–Kier alpha value is -1.41. The van der Waals surface area contributed by atoms with Gasteiger partial charge in [-0.2, -0.15) is 0 Å². The number of hydrogen-bond acceptors (Lipinski definition) is 10. The number of aliphatic carboxylic acids is 1. The van der Waals surface area contributed by atoms with Crippen LogP contribution >= 0.6 is 22.7 Å². The summed E-state index contributed by atoms with van der Waals surface area (Å²) >= 11 is 2.57. The summed E-state index contributed by atoms with van der Waals surface area (Å²) in [6.45, 7) is 3.84. The molecule has 0 spiro atoms. The van der Waals surface area contributed by atoms with Crippen molar-refractivity contribution < 1.29 is 95.0 Å². The Bertz CT molecular complexity index is 802. The van der Waals surface area contributed by atoms with Crippen LogP contribution in [0.15, 0.2) is 35.0 Å². The zero-order valence-electron chi connectivity index (χ0n) is 17.3. The molecule has 1 N–H and O–H groups in total. The molecule has 9 nitrogen and oxygen atoms in total. The first-order valence-electron chi connectivity index (χ1n) is 8.55. The summed E-state index contributed by atoms with van der Waals surface area (Å²) in [5.74, 6) is -3.64. The number of carbonyl (C=O) groups is 5. The van der Waals surface area contributed by atoms with E-state index >= 15 is 0 Å². The largest absolute Gasteiger partial charge is 1.00 e. The first-order valence-corrected chi connectivity index (χ1v) is 10.3. The van der Waals surface area contributed by atoms with E-state index in [1.54, 1.807) is 48.9 Å². The average molecular weight is 497 g/mol. The van der Waals surface area contributed by atoms with Crippen LogP contribution in [0, 0.1) is 0 Å². The minimum atomic E-state index is -1.41. The molecule has 0 aliphatic rings. The Labute approximate surface area is 229 Å². The third-order valence-corrected chi connectivity index (χ3v) is 4.50. The van der Waals surface area contributed by atoms with E-state index in [4.69, 9.17) is 5.11 Å². The summed E-state index contributed by atoms with van der Waals surface area (Å²) in [7, 11) is 0. The fraction of sp³-hybridized carbons (Fsp3) is 0.316. The number of carbonyl (C=O) groups excluding carboxylic acids is 4. The molecule has 164 valence electrons. The zero-order chi connectivity index (χ0) is 22.9. The summed E-state index contributed by atoms with van der Waals surface area (Å²) < 4.78 is 8.95. The third-order valence-electron chi connectivity index (χ3n) is 2.73. The molecule has 31 heavy (non-hydrogen) atoms. The van der Waals surface area contributed by atoms with E-state index in [1.807, 2.05) is 0 Å². The second kappa shape index (κ2) is 19.3. The van der Waals surface area contributed by atoms with Gasteiger partial charge < -0.3 is 24.5 Å². The predicted molar refractivity (Wildman–Crippen MR) is 107 cm³/mol. The first kappa shape index (κ1) is 31.8. The molecule has 0 bridgehead atoms. The molecule has 0 aliphatic carbocycles. The van der Waals surface area contributed by atoms with Crippen LogP contribution in [0.3, 0.4) is 0 Å². The number of ether oxygens (including phenoxy) is 2. The van der Waals surface area contributed by atoms with Gasteiger partial charge in [-0.25, -0.2) is 4.79 Å². The van der Waals surface area contributed by atoms with Crippen LogP contribution in [0.4, 0.5) is 0 Å². The Balaban J connectivity index is 0. The van der Waals surface area contributed by atoms with Gasteiger partial charge in [0.1, 0.15) is 11.3 Å². The van der Waals surface area contributed by atoms with Crippen LogP contribution in [0.2, 0.25) is 0 Å². The summed E-state index contributed by atoms with van der Waals surface area (Å²) in [6.07, 6.45) is -0.817. The number of esters is 2. The molecule has 0 atom stereocenters. The normalized spacial score (nSPS) is 8.84. The number of thiophene rings is 2. The Morgan fingerprint density at radius 1 is 0.871 bits per heavy atom. The van der Waals surface area contributed by atoms with Crippen molar-refractivity contribution >= 4 is 52.3 Å². The fourth-order valence-electron chi connectivity index (χ4n) is 1.60. The molecule has 0 unspecified atom stereocenters. The molecule has 0 radical (unpaired) electrons. The van der Waals surface area contributed by atoms with Gasteiger partial charge in [0, 0.05) is 0 Å². The van der Waals surface area contributed by atoms with Crippen molar-refractivity contribution in [3.8, 4) is 0 Å². The summed E-state index contributed by atoms with van der Waals surface area (Å²) in [4.78, 5) is 53.2. The molecule has 12 heteroatoms. The third kappa shape index (κ3) is 16.9. The van der Waals surface area contributed by atoms with E-state index in [9.17, 15) is 29.1 Å². The number of hydrogen-bond donors (Lipinski definition) is 1. The molecule has 2 rings (SSSR count). The van der Waals surface area contributed by atoms with Crippen molar-refractivity contribution in [3.05, 3.63) is 44.8 Å². The predicted octanol–water partition coefficient (Wildman–Crippen LogP) is -0.976. The van der Waals surface area contributed by atoms with E-state index < -0.39 is 30.3 Å². The van der Waals surface area contributed by atoms with Crippen molar-refractivity contribution in [1.29, 1.82) is 0 Å². The molecule has 2 heterocycles. The van der Waals surface area contributed by atoms with Gasteiger partial charge in [-0.15, -0.1) is 22.7 Å². The molecule has 0 aliphatic heterocycles. The van der Waals surface area contributed by atoms with E-state index in [0.29, 0.717) is 16.4 Å². The fourth-order valence-corrected chi connectivity index (χ4v) is 2.82. The van der Waals surface area contributed by atoms with Crippen molar-refractivity contribution in [1.82, 2.24) is 0 Å². The number of aromatic carboxylic acids is 1. The molecule has 0 saturated carbocycles. The molecular formula is C19H21KO9S2. The van der Waals surface area contributed by atoms with Gasteiger partial charge in [0.15, 0.2) is 5.78 Å². The van der Waals surface area contributed by atoms with Crippen molar-refractivity contribution in [3.63, 3.8) is 0 Å². The molecular weight excluding hydrogens is 475 g/mol. The maximum atomic E-state index is 11.3. The van der Waals surface area contributed by atoms with Crippen LogP contribution in [-0.2, 0) is 23.9 Å². The van der Waals surface area contributed by atoms with Gasteiger partial charge in [0.05, 0.1) is 30.5 Å². The van der Waals surface area contributed by atoms with Crippen LogP contribution in [0.25, 0.3) is 0 Å². The van der Waals surface area contributed by atoms with Gasteiger partial charge in [-0.1, -0.05) is 12.1 Å². The Morgan fingerprint density at radius 3 is 1.65 bits per heavy atom. The number of carboxylic acids is 2. The van der Waals surface area contributed by atoms with Crippen molar-refractivity contribution in [2.45, 2.75) is 26.7 Å². The van der Waals surface area contributed by atoms with Crippen molar-refractivity contribution in [2.24, 2.45) is 0 Å². The Kier molecular flexibility index (Phi) is 19.8. The average Bonchev–Trinajstić information content (AvgIpc) is 3.37.